The predicted molar refractivity (Wildman–Crippen MR) is 147 cm³/mol. The number of carbonyl (C=O) groups is 1. The standard InChI is InChI=1S/C28H33N3O6S/c1-29-23-10-4-20(5-11-23)21-6-14-25(15-7-21)37-19-28(27(33)30-38(3,34)35)16-17-31(18-28)26(32)22-8-12-24(36-2)13-9-22/h4-15,27,29-30,33H,16-19H2,1-3H3. The minimum absolute atomic E-state index is 0.0132. The van der Waals surface area contributed by atoms with Crippen LogP contribution in [0.4, 0.5) is 5.69 Å². The Morgan fingerprint density at radius 3 is 2.13 bits per heavy atom. The summed E-state index contributed by atoms with van der Waals surface area (Å²) < 4.78 is 37.3. The maximum Gasteiger partial charge on any atom is 0.253 e. The molecule has 202 valence electrons. The molecule has 1 amide bonds. The lowest BCUT2D eigenvalue weighted by atomic mass is 9.86. The molecular weight excluding hydrogens is 506 g/mol. The van der Waals surface area contributed by atoms with E-state index in [1.807, 2.05) is 55.6 Å². The van der Waals surface area contributed by atoms with Crippen molar-refractivity contribution in [2.45, 2.75) is 12.6 Å². The van der Waals surface area contributed by atoms with E-state index in [1.54, 1.807) is 36.3 Å². The molecule has 0 radical (unpaired) electrons. The summed E-state index contributed by atoms with van der Waals surface area (Å²) in [6, 6.07) is 22.4. The number of ether oxygens (including phenoxy) is 2. The molecule has 3 aromatic carbocycles. The van der Waals surface area contributed by atoms with Gasteiger partial charge in [-0.05, 0) is 66.1 Å². The number of carbonyl (C=O) groups excluding carboxylic acids is 1. The number of nitrogens with one attached hydrogen (secondary N) is 2. The molecule has 2 atom stereocenters. The highest BCUT2D eigenvalue weighted by molar-refractivity contribution is 7.88. The lowest BCUT2D eigenvalue weighted by Crippen LogP contribution is -2.52. The Kier molecular flexibility index (Phi) is 8.25. The summed E-state index contributed by atoms with van der Waals surface area (Å²) in [7, 11) is -0.276. The number of rotatable bonds is 10. The molecule has 1 aliphatic heterocycles. The molecule has 1 heterocycles. The molecule has 1 aliphatic rings. The number of nitrogens with zero attached hydrogens (tertiary/aromatic N) is 1. The maximum absolute atomic E-state index is 13.1. The second kappa shape index (κ2) is 11.4. The van der Waals surface area contributed by atoms with Crippen molar-refractivity contribution in [1.29, 1.82) is 0 Å². The first-order valence-electron chi connectivity index (χ1n) is 12.2. The normalized spacial score (nSPS) is 18.2. The molecule has 1 fully saturated rings. The largest absolute Gasteiger partial charge is 0.497 e. The molecule has 3 aromatic rings. The van der Waals surface area contributed by atoms with E-state index in [9.17, 15) is 18.3 Å². The number of hydrogen-bond donors (Lipinski definition) is 3. The fourth-order valence-electron chi connectivity index (χ4n) is 4.53. The number of aliphatic hydroxyl groups is 1. The van der Waals surface area contributed by atoms with Gasteiger partial charge < -0.3 is 24.8 Å². The SMILES string of the molecule is CNc1ccc(-c2ccc(OCC3(C(O)NS(C)(=O)=O)CCN(C(=O)c4ccc(OC)cc4)C3)cc2)cc1. The van der Waals surface area contributed by atoms with E-state index in [2.05, 4.69) is 10.0 Å². The zero-order valence-corrected chi connectivity index (χ0v) is 22.5. The second-order valence-electron chi connectivity index (χ2n) is 9.50. The highest BCUT2D eigenvalue weighted by atomic mass is 32.2. The van der Waals surface area contributed by atoms with Crippen molar-refractivity contribution in [2.75, 3.05) is 45.4 Å². The van der Waals surface area contributed by atoms with Crippen LogP contribution in [-0.4, -0.2) is 70.7 Å². The number of hydrogen-bond acceptors (Lipinski definition) is 7. The molecule has 4 rings (SSSR count). The van der Waals surface area contributed by atoms with E-state index in [0.29, 0.717) is 30.0 Å². The molecule has 1 saturated heterocycles. The van der Waals surface area contributed by atoms with E-state index < -0.39 is 21.7 Å². The van der Waals surface area contributed by atoms with Gasteiger partial charge in [-0.15, -0.1) is 0 Å². The van der Waals surface area contributed by atoms with Gasteiger partial charge in [-0.2, -0.15) is 4.72 Å². The van der Waals surface area contributed by atoms with Crippen LogP contribution in [0.5, 0.6) is 11.5 Å². The van der Waals surface area contributed by atoms with Gasteiger partial charge in [0.25, 0.3) is 5.91 Å². The molecule has 3 N–H and O–H groups in total. The summed E-state index contributed by atoms with van der Waals surface area (Å²) in [6.07, 6.45) is -0.0906. The van der Waals surface area contributed by atoms with E-state index in [1.165, 1.54) is 0 Å². The maximum atomic E-state index is 13.1. The number of methoxy groups -OCH3 is 1. The van der Waals surface area contributed by atoms with Crippen LogP contribution in [0.1, 0.15) is 16.8 Å². The van der Waals surface area contributed by atoms with Crippen LogP contribution in [0, 0.1) is 5.41 Å². The fraction of sp³-hybridized carbons (Fsp3) is 0.321. The van der Waals surface area contributed by atoms with Crippen molar-refractivity contribution in [2.24, 2.45) is 5.41 Å². The van der Waals surface area contributed by atoms with Crippen LogP contribution in [0.3, 0.4) is 0 Å². The van der Waals surface area contributed by atoms with E-state index in [0.717, 1.165) is 23.1 Å². The summed E-state index contributed by atoms with van der Waals surface area (Å²) in [5.74, 6) is 1.00. The third-order valence-electron chi connectivity index (χ3n) is 6.80. The number of benzene rings is 3. The second-order valence-corrected chi connectivity index (χ2v) is 11.3. The van der Waals surface area contributed by atoms with Crippen LogP contribution in [0.2, 0.25) is 0 Å². The molecule has 2 unspecified atom stereocenters. The van der Waals surface area contributed by atoms with Crippen LogP contribution >= 0.6 is 0 Å². The molecular formula is C28H33N3O6S. The third-order valence-corrected chi connectivity index (χ3v) is 7.45. The van der Waals surface area contributed by atoms with Gasteiger partial charge in [-0.1, -0.05) is 24.3 Å². The topological polar surface area (TPSA) is 117 Å². The molecule has 9 nitrogen and oxygen atoms in total. The van der Waals surface area contributed by atoms with Crippen molar-refractivity contribution < 1.29 is 27.8 Å². The molecule has 0 aliphatic carbocycles. The molecule has 0 aromatic heterocycles. The Bertz CT molecular complexity index is 1340. The Hall–Kier alpha value is -3.60. The Morgan fingerprint density at radius 1 is 1.00 bits per heavy atom. The highest BCUT2D eigenvalue weighted by Crippen LogP contribution is 2.36. The molecule has 0 spiro atoms. The van der Waals surface area contributed by atoms with Gasteiger partial charge in [0.1, 0.15) is 17.7 Å². The summed E-state index contributed by atoms with van der Waals surface area (Å²) in [5.41, 5.74) is 2.55. The van der Waals surface area contributed by atoms with Crippen molar-refractivity contribution in [1.82, 2.24) is 9.62 Å². The van der Waals surface area contributed by atoms with Crippen molar-refractivity contribution in [3.63, 3.8) is 0 Å². The minimum Gasteiger partial charge on any atom is -0.497 e. The smallest absolute Gasteiger partial charge is 0.253 e. The lowest BCUT2D eigenvalue weighted by molar-refractivity contribution is -0.00918. The van der Waals surface area contributed by atoms with E-state index >= 15 is 0 Å². The quantitative estimate of drug-likeness (QED) is 0.339. The van der Waals surface area contributed by atoms with Crippen LogP contribution in [0.25, 0.3) is 11.1 Å². The predicted octanol–water partition coefficient (Wildman–Crippen LogP) is 3.18. The first-order valence-corrected chi connectivity index (χ1v) is 14.1. The zero-order valence-electron chi connectivity index (χ0n) is 21.7. The van der Waals surface area contributed by atoms with Gasteiger partial charge in [0.05, 0.1) is 25.4 Å². The Morgan fingerprint density at radius 2 is 1.58 bits per heavy atom. The fourth-order valence-corrected chi connectivity index (χ4v) is 5.19. The van der Waals surface area contributed by atoms with E-state index in [4.69, 9.17) is 9.47 Å². The third kappa shape index (κ3) is 6.45. The van der Waals surface area contributed by atoms with E-state index in [-0.39, 0.29) is 19.1 Å². The number of aliphatic hydroxyl groups excluding tert-OH is 1. The minimum atomic E-state index is -3.70. The lowest BCUT2D eigenvalue weighted by Gasteiger charge is -2.34. The average Bonchev–Trinajstić information content (AvgIpc) is 3.37. The van der Waals surface area contributed by atoms with Gasteiger partial charge in [0, 0.05) is 31.4 Å². The highest BCUT2D eigenvalue weighted by Gasteiger charge is 2.47. The average molecular weight is 540 g/mol. The Balaban J connectivity index is 1.49. The molecule has 38 heavy (non-hydrogen) atoms. The van der Waals surface area contributed by atoms with Crippen LogP contribution < -0.4 is 19.5 Å². The summed E-state index contributed by atoms with van der Waals surface area (Å²) in [6.45, 7) is 0.481. The van der Waals surface area contributed by atoms with Gasteiger partial charge in [0.2, 0.25) is 10.0 Å². The Labute approximate surface area is 223 Å². The molecule has 0 saturated carbocycles. The number of sulfonamides is 1. The van der Waals surface area contributed by atoms with Crippen molar-refractivity contribution >= 4 is 21.6 Å². The first kappa shape index (κ1) is 27.4. The van der Waals surface area contributed by atoms with Gasteiger partial charge in [0.15, 0.2) is 0 Å². The molecule has 0 bridgehead atoms. The number of likely N-dealkylation sites (tertiary alicyclic amines) is 1. The van der Waals surface area contributed by atoms with Crippen molar-refractivity contribution in [3.05, 3.63) is 78.4 Å². The number of amides is 1. The summed E-state index contributed by atoms with van der Waals surface area (Å²) in [5, 5.41) is 14.1. The first-order chi connectivity index (χ1) is 18.1. The van der Waals surface area contributed by atoms with Gasteiger partial charge in [-0.25, -0.2) is 8.42 Å². The molecule has 10 heteroatoms. The van der Waals surface area contributed by atoms with Crippen LogP contribution in [-0.2, 0) is 10.0 Å². The van der Waals surface area contributed by atoms with Crippen molar-refractivity contribution in [3.8, 4) is 22.6 Å². The van der Waals surface area contributed by atoms with Crippen LogP contribution in [0.15, 0.2) is 72.8 Å². The summed E-state index contributed by atoms with van der Waals surface area (Å²) >= 11 is 0. The van der Waals surface area contributed by atoms with Gasteiger partial charge in [-0.3, -0.25) is 4.79 Å². The monoisotopic (exact) mass is 539 g/mol. The zero-order chi connectivity index (χ0) is 27.3. The summed E-state index contributed by atoms with van der Waals surface area (Å²) in [4.78, 5) is 14.8. The number of anilines is 1. The van der Waals surface area contributed by atoms with Gasteiger partial charge >= 0.3 is 0 Å².